The topological polar surface area (TPSA) is 61.5 Å². The Kier molecular flexibility index (Phi) is 6.46. The van der Waals surface area contributed by atoms with E-state index >= 15 is 0 Å². The quantitative estimate of drug-likeness (QED) is 0.403. The van der Waals surface area contributed by atoms with Crippen LogP contribution in [0, 0.1) is 0 Å². The lowest BCUT2D eigenvalue weighted by atomic mass is 10.1. The molecule has 170 valence electrons. The number of ether oxygens (including phenoxy) is 1. The van der Waals surface area contributed by atoms with Crippen LogP contribution < -0.4 is 15.2 Å². The molecule has 0 unspecified atom stereocenters. The number of hydrogen-bond acceptors (Lipinski definition) is 5. The number of fused-ring (bicyclic) bond motifs is 2. The number of H-pyrrole nitrogens is 1. The maximum Gasteiger partial charge on any atom is 0.249 e. The molecule has 1 aliphatic heterocycles. The average Bonchev–Trinajstić information content (AvgIpc) is 2.84. The second-order valence-corrected chi connectivity index (χ2v) is 8.82. The van der Waals surface area contributed by atoms with Crippen molar-refractivity contribution >= 4 is 39.1 Å². The number of hydrogen-bond donors (Lipinski definition) is 1. The van der Waals surface area contributed by atoms with Crippen molar-refractivity contribution in [3.05, 3.63) is 76.0 Å². The summed E-state index contributed by atoms with van der Waals surface area (Å²) in [6.07, 6.45) is 2.04. The molecule has 5 rings (SSSR count). The minimum absolute atomic E-state index is 0.157. The van der Waals surface area contributed by atoms with Crippen LogP contribution in [0.4, 0.5) is 5.69 Å². The highest BCUT2D eigenvalue weighted by molar-refractivity contribution is 6.36. The molecule has 2 aromatic carbocycles. The van der Waals surface area contributed by atoms with Crippen molar-refractivity contribution in [3.8, 4) is 5.88 Å². The molecule has 7 heteroatoms. The Morgan fingerprint density at radius 2 is 1.70 bits per heavy atom. The van der Waals surface area contributed by atoms with E-state index in [1.165, 1.54) is 17.1 Å². The lowest BCUT2D eigenvalue weighted by Gasteiger charge is -2.36. The van der Waals surface area contributed by atoms with Crippen LogP contribution in [0.5, 0.6) is 5.88 Å². The van der Waals surface area contributed by atoms with Crippen LogP contribution >= 0.6 is 11.6 Å². The molecule has 0 saturated carbocycles. The van der Waals surface area contributed by atoms with Gasteiger partial charge in [0.25, 0.3) is 0 Å². The molecule has 1 saturated heterocycles. The Morgan fingerprint density at radius 3 is 2.55 bits per heavy atom. The third-order valence-electron chi connectivity index (χ3n) is 6.22. The summed E-state index contributed by atoms with van der Waals surface area (Å²) >= 11 is 6.52. The van der Waals surface area contributed by atoms with Crippen LogP contribution in [0.2, 0.25) is 5.02 Å². The summed E-state index contributed by atoms with van der Waals surface area (Å²) in [4.78, 5) is 23.6. The second-order valence-electron chi connectivity index (χ2n) is 8.41. The van der Waals surface area contributed by atoms with Gasteiger partial charge in [0.1, 0.15) is 5.65 Å². The molecule has 0 amide bonds. The number of halogens is 1. The number of aromatic amines is 1. The molecular weight excluding hydrogens is 436 g/mol. The SMILES string of the molecule is O=c1ccc2ccc(OCCCCN3CCN(c4cccc5cccc(Cl)c45)CC3)nc2[nH]1. The number of piperazine rings is 1. The van der Waals surface area contributed by atoms with E-state index in [1.54, 1.807) is 6.07 Å². The van der Waals surface area contributed by atoms with Crippen molar-refractivity contribution < 1.29 is 4.74 Å². The molecule has 0 atom stereocenters. The summed E-state index contributed by atoms with van der Waals surface area (Å²) in [5.41, 5.74) is 1.64. The van der Waals surface area contributed by atoms with Crippen molar-refractivity contribution in [1.82, 2.24) is 14.9 Å². The highest BCUT2D eigenvalue weighted by atomic mass is 35.5. The van der Waals surface area contributed by atoms with Crippen molar-refractivity contribution in [3.63, 3.8) is 0 Å². The average molecular weight is 463 g/mol. The van der Waals surface area contributed by atoms with Crippen LogP contribution in [0.3, 0.4) is 0 Å². The maximum atomic E-state index is 11.5. The van der Waals surface area contributed by atoms with Gasteiger partial charge in [0.15, 0.2) is 0 Å². The van der Waals surface area contributed by atoms with Crippen LogP contribution in [-0.4, -0.2) is 54.2 Å². The molecule has 0 radical (unpaired) electrons. The molecule has 6 nitrogen and oxygen atoms in total. The van der Waals surface area contributed by atoms with Gasteiger partial charge in [0.05, 0.1) is 11.6 Å². The number of benzene rings is 2. The second kappa shape index (κ2) is 9.81. The smallest absolute Gasteiger partial charge is 0.249 e. The van der Waals surface area contributed by atoms with Gasteiger partial charge in [-0.05, 0) is 49.0 Å². The number of aromatic nitrogens is 2. The van der Waals surface area contributed by atoms with Gasteiger partial charge >= 0.3 is 0 Å². The Balaban J connectivity index is 1.08. The summed E-state index contributed by atoms with van der Waals surface area (Å²) in [5.74, 6) is 0.548. The number of rotatable bonds is 7. The largest absolute Gasteiger partial charge is 0.478 e. The van der Waals surface area contributed by atoms with E-state index in [0.29, 0.717) is 18.1 Å². The third kappa shape index (κ3) is 4.97. The highest BCUT2D eigenvalue weighted by Crippen LogP contribution is 2.33. The Hall–Kier alpha value is -3.09. The van der Waals surface area contributed by atoms with Gasteiger partial charge in [-0.25, -0.2) is 0 Å². The van der Waals surface area contributed by atoms with E-state index < -0.39 is 0 Å². The number of nitrogens with zero attached hydrogens (tertiary/aromatic N) is 3. The van der Waals surface area contributed by atoms with Crippen molar-refractivity contribution in [2.75, 3.05) is 44.2 Å². The normalized spacial score (nSPS) is 14.8. The fraction of sp³-hybridized carbons (Fsp3) is 0.308. The first kappa shape index (κ1) is 21.7. The number of unbranched alkanes of at least 4 members (excludes halogenated alkanes) is 1. The van der Waals surface area contributed by atoms with Gasteiger partial charge in [-0.1, -0.05) is 35.9 Å². The predicted molar refractivity (Wildman–Crippen MR) is 135 cm³/mol. The maximum absolute atomic E-state index is 11.5. The zero-order valence-electron chi connectivity index (χ0n) is 18.5. The van der Waals surface area contributed by atoms with Crippen LogP contribution in [0.1, 0.15) is 12.8 Å². The van der Waals surface area contributed by atoms with E-state index in [-0.39, 0.29) is 5.56 Å². The summed E-state index contributed by atoms with van der Waals surface area (Å²) in [6.45, 7) is 5.76. The van der Waals surface area contributed by atoms with Crippen LogP contribution in [-0.2, 0) is 0 Å². The molecule has 1 aliphatic rings. The van der Waals surface area contributed by atoms with Crippen molar-refractivity contribution in [2.24, 2.45) is 0 Å². The molecule has 1 N–H and O–H groups in total. The fourth-order valence-corrected chi connectivity index (χ4v) is 4.74. The summed E-state index contributed by atoms with van der Waals surface area (Å²) in [7, 11) is 0. The zero-order chi connectivity index (χ0) is 22.6. The molecule has 0 spiro atoms. The van der Waals surface area contributed by atoms with Gasteiger partial charge in [-0.3, -0.25) is 9.69 Å². The number of nitrogens with one attached hydrogen (secondary N) is 1. The van der Waals surface area contributed by atoms with Crippen molar-refractivity contribution in [2.45, 2.75) is 12.8 Å². The van der Waals surface area contributed by atoms with Gasteiger partial charge in [-0.2, -0.15) is 4.98 Å². The van der Waals surface area contributed by atoms with Gasteiger partial charge in [-0.15, -0.1) is 0 Å². The molecule has 1 fully saturated rings. The third-order valence-corrected chi connectivity index (χ3v) is 6.54. The Morgan fingerprint density at radius 1 is 0.909 bits per heavy atom. The molecule has 2 aromatic heterocycles. The van der Waals surface area contributed by atoms with E-state index in [9.17, 15) is 4.79 Å². The van der Waals surface area contributed by atoms with Gasteiger partial charge < -0.3 is 14.6 Å². The van der Waals surface area contributed by atoms with E-state index in [2.05, 4.69) is 44.0 Å². The summed E-state index contributed by atoms with van der Waals surface area (Å²) < 4.78 is 5.80. The fourth-order valence-electron chi connectivity index (χ4n) is 4.46. The lowest BCUT2D eigenvalue weighted by molar-refractivity contribution is 0.237. The molecular formula is C26H27ClN4O2. The van der Waals surface area contributed by atoms with Gasteiger partial charge in [0, 0.05) is 54.8 Å². The van der Waals surface area contributed by atoms with Crippen LogP contribution in [0.25, 0.3) is 21.8 Å². The summed E-state index contributed by atoms with van der Waals surface area (Å²) in [6, 6.07) is 19.5. The molecule has 3 heterocycles. The lowest BCUT2D eigenvalue weighted by Crippen LogP contribution is -2.46. The monoisotopic (exact) mass is 462 g/mol. The zero-order valence-corrected chi connectivity index (χ0v) is 19.2. The Labute approximate surface area is 197 Å². The Bertz CT molecular complexity index is 1310. The molecule has 0 aliphatic carbocycles. The van der Waals surface area contributed by atoms with E-state index in [1.807, 2.05) is 24.3 Å². The molecule has 0 bridgehead atoms. The van der Waals surface area contributed by atoms with Crippen LogP contribution in [0.15, 0.2) is 65.5 Å². The first-order valence-corrected chi connectivity index (χ1v) is 11.8. The molecule has 4 aromatic rings. The van der Waals surface area contributed by atoms with E-state index in [4.69, 9.17) is 16.3 Å². The van der Waals surface area contributed by atoms with Gasteiger partial charge in [0.2, 0.25) is 11.4 Å². The number of pyridine rings is 2. The standard InChI is InChI=1S/C26H27ClN4O2/c27-21-7-3-5-19-6-4-8-22(25(19)21)31-16-14-30(15-17-31)13-1-2-18-33-24-12-10-20-9-11-23(32)28-26(20)29-24/h3-12H,1-2,13-18H2,(H,28,29,32). The number of anilines is 1. The first-order chi connectivity index (χ1) is 16.2. The van der Waals surface area contributed by atoms with Crippen molar-refractivity contribution in [1.29, 1.82) is 0 Å². The highest BCUT2D eigenvalue weighted by Gasteiger charge is 2.19. The minimum Gasteiger partial charge on any atom is -0.478 e. The first-order valence-electron chi connectivity index (χ1n) is 11.4. The van der Waals surface area contributed by atoms with E-state index in [0.717, 1.165) is 61.4 Å². The molecule has 33 heavy (non-hydrogen) atoms. The minimum atomic E-state index is -0.157. The summed E-state index contributed by atoms with van der Waals surface area (Å²) in [5, 5.41) is 4.05. The predicted octanol–water partition coefficient (Wildman–Crippen LogP) is 4.71.